The summed E-state index contributed by atoms with van der Waals surface area (Å²) in [5.74, 6) is -4.11. The van der Waals surface area contributed by atoms with E-state index in [1.165, 1.54) is 0 Å². The monoisotopic (exact) mass is 384 g/mol. The molecule has 1 aliphatic heterocycles. The van der Waals surface area contributed by atoms with Crippen LogP contribution in [-0.2, 0) is 10.0 Å². The van der Waals surface area contributed by atoms with Gasteiger partial charge in [-0.15, -0.1) is 0 Å². The van der Waals surface area contributed by atoms with Crippen LogP contribution in [0.4, 0.5) is 18.9 Å². The summed E-state index contributed by atoms with van der Waals surface area (Å²) < 4.78 is 67.7. The molecule has 0 radical (unpaired) electrons. The molecule has 2 aromatic carbocycles. The second kappa shape index (κ2) is 6.92. The summed E-state index contributed by atoms with van der Waals surface area (Å²) in [6, 6.07) is 7.60. The number of hydrogen-bond donors (Lipinski definition) is 0. The van der Waals surface area contributed by atoms with Crippen molar-refractivity contribution in [2.45, 2.75) is 23.8 Å². The largest absolute Gasteiger partial charge is 0.378 e. The molecule has 1 unspecified atom stereocenters. The average Bonchev–Trinajstić information content (AvgIpc) is 3.08. The number of benzene rings is 2. The fraction of sp³-hybridized carbons (Fsp3) is 0.333. The number of halogens is 3. The van der Waals surface area contributed by atoms with Gasteiger partial charge < -0.3 is 4.90 Å². The van der Waals surface area contributed by atoms with Crippen LogP contribution in [0.2, 0.25) is 0 Å². The van der Waals surface area contributed by atoms with Crippen molar-refractivity contribution in [1.82, 2.24) is 4.31 Å². The van der Waals surface area contributed by atoms with Gasteiger partial charge in [0, 0.05) is 32.4 Å². The summed E-state index contributed by atoms with van der Waals surface area (Å²) in [5, 5.41) is 0. The zero-order valence-corrected chi connectivity index (χ0v) is 15.2. The molecule has 0 N–H and O–H groups in total. The van der Waals surface area contributed by atoms with E-state index in [2.05, 4.69) is 0 Å². The van der Waals surface area contributed by atoms with Crippen LogP contribution in [0.25, 0.3) is 0 Å². The Hall–Kier alpha value is -2.06. The lowest BCUT2D eigenvalue weighted by atomic mass is 10.0. The first-order valence-corrected chi connectivity index (χ1v) is 9.59. The third-order valence-corrected chi connectivity index (χ3v) is 6.46. The Morgan fingerprint density at radius 3 is 2.42 bits per heavy atom. The molecule has 0 spiro atoms. The molecule has 8 heteroatoms. The van der Waals surface area contributed by atoms with Gasteiger partial charge >= 0.3 is 0 Å². The minimum Gasteiger partial charge on any atom is -0.378 e. The Kier molecular flexibility index (Phi) is 4.98. The quantitative estimate of drug-likeness (QED) is 0.755. The molecule has 0 aromatic heterocycles. The van der Waals surface area contributed by atoms with Gasteiger partial charge in [-0.2, -0.15) is 4.31 Å². The second-order valence-electron chi connectivity index (χ2n) is 6.46. The Labute approximate surface area is 150 Å². The van der Waals surface area contributed by atoms with Crippen molar-refractivity contribution in [2.24, 2.45) is 0 Å². The van der Waals surface area contributed by atoms with Crippen LogP contribution in [0.1, 0.15) is 24.4 Å². The number of sulfonamides is 1. The van der Waals surface area contributed by atoms with E-state index < -0.39 is 38.4 Å². The maximum atomic E-state index is 14.1. The van der Waals surface area contributed by atoms with Crippen LogP contribution >= 0.6 is 0 Å². The molecule has 0 saturated carbocycles. The van der Waals surface area contributed by atoms with Crippen molar-refractivity contribution in [3.05, 3.63) is 59.4 Å². The van der Waals surface area contributed by atoms with Gasteiger partial charge in [0.05, 0.1) is 6.04 Å². The predicted molar refractivity (Wildman–Crippen MR) is 93.0 cm³/mol. The first-order valence-electron chi connectivity index (χ1n) is 8.15. The van der Waals surface area contributed by atoms with Gasteiger partial charge in [-0.05, 0) is 36.6 Å². The Balaban J connectivity index is 2.02. The Morgan fingerprint density at radius 1 is 1.04 bits per heavy atom. The maximum absolute atomic E-state index is 14.1. The number of hydrogen-bond acceptors (Lipinski definition) is 3. The molecule has 0 bridgehead atoms. The average molecular weight is 384 g/mol. The minimum atomic E-state index is -4.30. The highest BCUT2D eigenvalue weighted by Crippen LogP contribution is 2.38. The molecule has 1 aliphatic rings. The van der Waals surface area contributed by atoms with Gasteiger partial charge in [0.1, 0.15) is 10.7 Å². The maximum Gasteiger partial charge on any atom is 0.246 e. The molecule has 4 nitrogen and oxygen atoms in total. The zero-order valence-electron chi connectivity index (χ0n) is 14.4. The van der Waals surface area contributed by atoms with Crippen molar-refractivity contribution < 1.29 is 21.6 Å². The molecule has 1 heterocycles. The molecule has 26 heavy (non-hydrogen) atoms. The third kappa shape index (κ3) is 3.31. The van der Waals surface area contributed by atoms with Gasteiger partial charge in [-0.25, -0.2) is 21.6 Å². The lowest BCUT2D eigenvalue weighted by molar-refractivity contribution is 0.392. The molecule has 1 fully saturated rings. The Morgan fingerprint density at radius 2 is 1.73 bits per heavy atom. The molecule has 0 amide bonds. The number of nitrogens with zero attached hydrogens (tertiary/aromatic N) is 2. The summed E-state index contributed by atoms with van der Waals surface area (Å²) in [7, 11) is -0.553. The van der Waals surface area contributed by atoms with E-state index in [1.54, 1.807) is 0 Å². The number of anilines is 1. The number of rotatable bonds is 4. The molecule has 2 aromatic rings. The highest BCUT2D eigenvalue weighted by Gasteiger charge is 2.38. The topological polar surface area (TPSA) is 40.6 Å². The van der Waals surface area contributed by atoms with E-state index in [1.807, 2.05) is 43.3 Å². The normalized spacial score (nSPS) is 18.3. The standard InChI is InChI=1S/C18H19F3N2O2S/c1-22(2)13-6-3-5-12(9-13)17-7-4-8-23(17)26(24,25)18-11-15(20)14(19)10-16(18)21/h3,5-6,9-11,17H,4,7-8H2,1-2H3. The van der Waals surface area contributed by atoms with E-state index >= 15 is 0 Å². The molecule has 3 rings (SSSR count). The summed E-state index contributed by atoms with van der Waals surface area (Å²) in [6.07, 6.45) is 1.17. The van der Waals surface area contributed by atoms with Crippen LogP contribution in [0.5, 0.6) is 0 Å². The summed E-state index contributed by atoms with van der Waals surface area (Å²) in [5.41, 5.74) is 1.69. The lowest BCUT2D eigenvalue weighted by Gasteiger charge is -2.25. The van der Waals surface area contributed by atoms with Gasteiger partial charge in [-0.3, -0.25) is 0 Å². The molecular weight excluding hydrogens is 365 g/mol. The first kappa shape index (κ1) is 18.7. The Bertz CT molecular complexity index is 932. The van der Waals surface area contributed by atoms with Crippen LogP contribution in [-0.4, -0.2) is 33.4 Å². The summed E-state index contributed by atoms with van der Waals surface area (Å²) >= 11 is 0. The smallest absolute Gasteiger partial charge is 0.246 e. The van der Waals surface area contributed by atoms with Crippen molar-refractivity contribution in [3.8, 4) is 0 Å². The van der Waals surface area contributed by atoms with Crippen molar-refractivity contribution >= 4 is 15.7 Å². The van der Waals surface area contributed by atoms with Crippen molar-refractivity contribution in [1.29, 1.82) is 0 Å². The third-order valence-electron chi connectivity index (χ3n) is 4.54. The van der Waals surface area contributed by atoms with Crippen LogP contribution in [0.3, 0.4) is 0 Å². The SMILES string of the molecule is CN(C)c1cccc(C2CCCN2S(=O)(=O)c2cc(F)c(F)cc2F)c1. The van der Waals surface area contributed by atoms with Crippen LogP contribution in [0, 0.1) is 17.5 Å². The summed E-state index contributed by atoms with van der Waals surface area (Å²) in [6.45, 7) is 0.192. The van der Waals surface area contributed by atoms with Crippen molar-refractivity contribution in [2.75, 3.05) is 25.5 Å². The molecule has 0 aliphatic carbocycles. The highest BCUT2D eigenvalue weighted by atomic mass is 32.2. The fourth-order valence-electron chi connectivity index (χ4n) is 3.20. The minimum absolute atomic E-state index is 0.192. The molecule has 140 valence electrons. The van der Waals surface area contributed by atoms with E-state index in [9.17, 15) is 21.6 Å². The predicted octanol–water partition coefficient (Wildman–Crippen LogP) is 3.70. The van der Waals surface area contributed by atoms with Gasteiger partial charge in [0.2, 0.25) is 10.0 Å². The first-order chi connectivity index (χ1) is 12.2. The van der Waals surface area contributed by atoms with E-state index in [0.717, 1.165) is 15.6 Å². The lowest BCUT2D eigenvalue weighted by Crippen LogP contribution is -2.31. The molecular formula is C18H19F3N2O2S. The molecule has 1 atom stereocenters. The van der Waals surface area contributed by atoms with E-state index in [-0.39, 0.29) is 12.6 Å². The fourth-order valence-corrected chi connectivity index (χ4v) is 4.94. The second-order valence-corrected chi connectivity index (χ2v) is 8.32. The van der Waals surface area contributed by atoms with E-state index in [4.69, 9.17) is 0 Å². The van der Waals surface area contributed by atoms with Gasteiger partial charge in [-0.1, -0.05) is 12.1 Å². The van der Waals surface area contributed by atoms with Crippen molar-refractivity contribution in [3.63, 3.8) is 0 Å². The van der Waals surface area contributed by atoms with Gasteiger partial charge in [0.25, 0.3) is 0 Å². The zero-order chi connectivity index (χ0) is 19.1. The van der Waals surface area contributed by atoms with Crippen LogP contribution < -0.4 is 4.90 Å². The van der Waals surface area contributed by atoms with Crippen LogP contribution in [0.15, 0.2) is 41.3 Å². The molecule has 1 saturated heterocycles. The van der Waals surface area contributed by atoms with E-state index in [0.29, 0.717) is 18.9 Å². The highest BCUT2D eigenvalue weighted by molar-refractivity contribution is 7.89. The summed E-state index contributed by atoms with van der Waals surface area (Å²) in [4.78, 5) is 1.05. The van der Waals surface area contributed by atoms with Gasteiger partial charge in [0.15, 0.2) is 11.6 Å².